The molecular weight excluding hydrogens is 178 g/mol. The SMILES string of the molecule is CCN(CC)CCCCCC(=O)NN. The first kappa shape index (κ1) is 13.4. The van der Waals surface area contributed by atoms with Gasteiger partial charge in [-0.25, -0.2) is 5.84 Å². The minimum Gasteiger partial charge on any atom is -0.304 e. The van der Waals surface area contributed by atoms with E-state index in [2.05, 4.69) is 24.2 Å². The fourth-order valence-electron chi connectivity index (χ4n) is 1.41. The van der Waals surface area contributed by atoms with E-state index in [1.807, 2.05) is 0 Å². The maximum absolute atomic E-state index is 10.8. The zero-order valence-electron chi connectivity index (χ0n) is 9.38. The summed E-state index contributed by atoms with van der Waals surface area (Å²) in [5.41, 5.74) is 2.14. The second kappa shape index (κ2) is 8.97. The summed E-state index contributed by atoms with van der Waals surface area (Å²) in [6.07, 6.45) is 3.75. The fraction of sp³-hybridized carbons (Fsp3) is 0.900. The van der Waals surface area contributed by atoms with Crippen molar-refractivity contribution in [2.24, 2.45) is 5.84 Å². The lowest BCUT2D eigenvalue weighted by Crippen LogP contribution is -2.29. The standard InChI is InChI=1S/C10H23N3O/c1-3-13(4-2)9-7-5-6-8-10(14)12-11/h3-9,11H2,1-2H3,(H,12,14). The Balaban J connectivity index is 3.24. The van der Waals surface area contributed by atoms with Gasteiger partial charge in [-0.15, -0.1) is 0 Å². The van der Waals surface area contributed by atoms with Crippen molar-refractivity contribution in [1.82, 2.24) is 10.3 Å². The third kappa shape index (κ3) is 6.86. The van der Waals surface area contributed by atoms with Gasteiger partial charge in [0.25, 0.3) is 0 Å². The zero-order valence-corrected chi connectivity index (χ0v) is 9.38. The molecule has 0 aliphatic carbocycles. The number of nitrogens with zero attached hydrogens (tertiary/aromatic N) is 1. The first-order valence-electron chi connectivity index (χ1n) is 5.46. The van der Waals surface area contributed by atoms with Gasteiger partial charge in [0.1, 0.15) is 0 Å². The highest BCUT2D eigenvalue weighted by molar-refractivity contribution is 5.74. The van der Waals surface area contributed by atoms with Gasteiger partial charge in [-0.3, -0.25) is 10.2 Å². The summed E-state index contributed by atoms with van der Waals surface area (Å²) in [4.78, 5) is 13.2. The highest BCUT2D eigenvalue weighted by Crippen LogP contribution is 2.01. The predicted molar refractivity (Wildman–Crippen MR) is 58.6 cm³/mol. The van der Waals surface area contributed by atoms with Crippen LogP contribution in [0.5, 0.6) is 0 Å². The second-order valence-electron chi connectivity index (χ2n) is 3.41. The summed E-state index contributed by atoms with van der Waals surface area (Å²) < 4.78 is 0. The summed E-state index contributed by atoms with van der Waals surface area (Å²) in [5, 5.41) is 0. The molecule has 0 aromatic carbocycles. The number of nitrogens with two attached hydrogens (primary N) is 1. The van der Waals surface area contributed by atoms with E-state index in [1.165, 1.54) is 6.42 Å². The third-order valence-corrected chi connectivity index (χ3v) is 2.43. The topological polar surface area (TPSA) is 58.4 Å². The van der Waals surface area contributed by atoms with E-state index in [1.54, 1.807) is 0 Å². The van der Waals surface area contributed by atoms with Crippen LogP contribution < -0.4 is 11.3 Å². The Labute approximate surface area is 86.8 Å². The molecule has 14 heavy (non-hydrogen) atoms. The van der Waals surface area contributed by atoms with Gasteiger partial charge >= 0.3 is 0 Å². The molecule has 4 heteroatoms. The summed E-state index contributed by atoms with van der Waals surface area (Å²) in [7, 11) is 0. The molecule has 1 amide bonds. The molecule has 0 rings (SSSR count). The van der Waals surface area contributed by atoms with E-state index in [0.717, 1.165) is 32.5 Å². The zero-order chi connectivity index (χ0) is 10.8. The molecule has 4 nitrogen and oxygen atoms in total. The molecule has 0 atom stereocenters. The van der Waals surface area contributed by atoms with Gasteiger partial charge in [0, 0.05) is 6.42 Å². The Hall–Kier alpha value is -0.610. The molecule has 0 saturated heterocycles. The molecule has 0 spiro atoms. The number of hydrogen-bond acceptors (Lipinski definition) is 3. The lowest BCUT2D eigenvalue weighted by molar-refractivity contribution is -0.121. The van der Waals surface area contributed by atoms with Gasteiger partial charge in [-0.1, -0.05) is 20.3 Å². The van der Waals surface area contributed by atoms with E-state index in [9.17, 15) is 4.79 Å². The number of carbonyl (C=O) groups is 1. The van der Waals surface area contributed by atoms with Gasteiger partial charge in [-0.05, 0) is 32.5 Å². The number of nitrogens with one attached hydrogen (secondary N) is 1. The van der Waals surface area contributed by atoms with Gasteiger partial charge in [0.15, 0.2) is 0 Å². The number of hydrazine groups is 1. The van der Waals surface area contributed by atoms with E-state index in [4.69, 9.17) is 5.84 Å². The van der Waals surface area contributed by atoms with Gasteiger partial charge in [0.05, 0.1) is 0 Å². The molecule has 0 aromatic rings. The maximum Gasteiger partial charge on any atom is 0.233 e. The summed E-state index contributed by atoms with van der Waals surface area (Å²) in [6, 6.07) is 0. The minimum atomic E-state index is -0.0622. The number of rotatable bonds is 8. The van der Waals surface area contributed by atoms with Crippen molar-refractivity contribution in [3.05, 3.63) is 0 Å². The lowest BCUT2D eigenvalue weighted by atomic mass is 10.2. The Kier molecular flexibility index (Phi) is 8.57. The summed E-state index contributed by atoms with van der Waals surface area (Å²) >= 11 is 0. The highest BCUT2D eigenvalue weighted by Gasteiger charge is 2.00. The van der Waals surface area contributed by atoms with Crippen LogP contribution in [0.3, 0.4) is 0 Å². The molecular formula is C10H23N3O. The van der Waals surface area contributed by atoms with Crippen LogP contribution in [0.25, 0.3) is 0 Å². The first-order valence-corrected chi connectivity index (χ1v) is 5.46. The molecule has 0 aliphatic rings. The highest BCUT2D eigenvalue weighted by atomic mass is 16.2. The van der Waals surface area contributed by atoms with Gasteiger partial charge in [-0.2, -0.15) is 0 Å². The third-order valence-electron chi connectivity index (χ3n) is 2.43. The quantitative estimate of drug-likeness (QED) is 0.265. The molecule has 3 N–H and O–H groups in total. The normalized spacial score (nSPS) is 10.6. The Morgan fingerprint density at radius 1 is 1.21 bits per heavy atom. The molecule has 0 bridgehead atoms. The predicted octanol–water partition coefficient (Wildman–Crippen LogP) is 0.879. The smallest absolute Gasteiger partial charge is 0.233 e. The fourth-order valence-corrected chi connectivity index (χ4v) is 1.41. The van der Waals surface area contributed by atoms with Crippen molar-refractivity contribution in [2.75, 3.05) is 19.6 Å². The van der Waals surface area contributed by atoms with Crippen LogP contribution >= 0.6 is 0 Å². The first-order chi connectivity index (χ1) is 6.74. The summed E-state index contributed by atoms with van der Waals surface area (Å²) in [6.45, 7) is 7.70. The lowest BCUT2D eigenvalue weighted by Gasteiger charge is -2.17. The Morgan fingerprint density at radius 3 is 2.36 bits per heavy atom. The van der Waals surface area contributed by atoms with Crippen LogP contribution in [0, 0.1) is 0 Å². The van der Waals surface area contributed by atoms with Crippen molar-refractivity contribution in [1.29, 1.82) is 0 Å². The number of amides is 1. The van der Waals surface area contributed by atoms with Crippen LogP contribution in [0.15, 0.2) is 0 Å². The molecule has 0 fully saturated rings. The molecule has 84 valence electrons. The second-order valence-corrected chi connectivity index (χ2v) is 3.41. The molecule has 0 unspecified atom stereocenters. The molecule has 0 radical (unpaired) electrons. The molecule has 0 aliphatic heterocycles. The van der Waals surface area contributed by atoms with Gasteiger partial charge in [0.2, 0.25) is 5.91 Å². The van der Waals surface area contributed by atoms with E-state index < -0.39 is 0 Å². The van der Waals surface area contributed by atoms with Crippen LogP contribution in [0.2, 0.25) is 0 Å². The van der Waals surface area contributed by atoms with Crippen molar-refractivity contribution >= 4 is 5.91 Å². The minimum absolute atomic E-state index is 0.0622. The van der Waals surface area contributed by atoms with Gasteiger partial charge < -0.3 is 4.90 Å². The number of carbonyl (C=O) groups excluding carboxylic acids is 1. The van der Waals surface area contributed by atoms with Crippen molar-refractivity contribution in [2.45, 2.75) is 39.5 Å². The molecule has 0 aromatic heterocycles. The maximum atomic E-state index is 10.8. The van der Waals surface area contributed by atoms with E-state index in [-0.39, 0.29) is 5.91 Å². The average Bonchev–Trinajstić information content (AvgIpc) is 2.23. The van der Waals surface area contributed by atoms with Crippen molar-refractivity contribution in [3.8, 4) is 0 Å². The largest absolute Gasteiger partial charge is 0.304 e. The summed E-state index contributed by atoms with van der Waals surface area (Å²) in [5.74, 6) is 4.91. The van der Waals surface area contributed by atoms with E-state index >= 15 is 0 Å². The van der Waals surface area contributed by atoms with Crippen LogP contribution in [-0.2, 0) is 4.79 Å². The van der Waals surface area contributed by atoms with Crippen molar-refractivity contribution in [3.63, 3.8) is 0 Å². The van der Waals surface area contributed by atoms with E-state index in [0.29, 0.717) is 6.42 Å². The Bertz CT molecular complexity index is 146. The molecule has 0 saturated carbocycles. The Morgan fingerprint density at radius 2 is 1.86 bits per heavy atom. The number of hydrogen-bond donors (Lipinski definition) is 2. The number of unbranched alkanes of at least 4 members (excludes halogenated alkanes) is 2. The monoisotopic (exact) mass is 201 g/mol. The van der Waals surface area contributed by atoms with Crippen LogP contribution in [0.4, 0.5) is 0 Å². The van der Waals surface area contributed by atoms with Crippen LogP contribution in [0.1, 0.15) is 39.5 Å². The van der Waals surface area contributed by atoms with Crippen molar-refractivity contribution < 1.29 is 4.79 Å². The van der Waals surface area contributed by atoms with Crippen LogP contribution in [-0.4, -0.2) is 30.4 Å². The molecule has 0 heterocycles. The average molecular weight is 201 g/mol.